The molecule has 21 heavy (non-hydrogen) atoms. The van der Waals surface area contributed by atoms with Gasteiger partial charge in [0.25, 0.3) is 0 Å². The molecule has 0 fully saturated rings. The van der Waals surface area contributed by atoms with Crippen molar-refractivity contribution in [2.45, 2.75) is 17.4 Å². The third kappa shape index (κ3) is 4.87. The molecule has 2 aromatic carbocycles. The van der Waals surface area contributed by atoms with Crippen LogP contribution in [0.4, 0.5) is 4.39 Å². The van der Waals surface area contributed by atoms with Crippen LogP contribution in [0.25, 0.3) is 0 Å². The van der Waals surface area contributed by atoms with Gasteiger partial charge in [0.2, 0.25) is 0 Å². The molecular formula is C15H15Cl2FN2S. The summed E-state index contributed by atoms with van der Waals surface area (Å²) in [7, 11) is 0. The number of hydrazine groups is 1. The fourth-order valence-corrected chi connectivity index (χ4v) is 3.36. The third-order valence-corrected chi connectivity index (χ3v) is 4.90. The van der Waals surface area contributed by atoms with E-state index in [1.54, 1.807) is 23.9 Å². The molecule has 0 aromatic heterocycles. The number of rotatable bonds is 6. The molecule has 112 valence electrons. The molecule has 0 bridgehead atoms. The Hall–Kier alpha value is -0.780. The molecule has 0 aliphatic rings. The number of nitrogens with two attached hydrogens (primary N) is 1. The lowest BCUT2D eigenvalue weighted by atomic mass is 10.1. The molecule has 0 amide bonds. The van der Waals surface area contributed by atoms with Gasteiger partial charge < -0.3 is 0 Å². The summed E-state index contributed by atoms with van der Waals surface area (Å²) in [5.41, 5.74) is 3.65. The molecule has 0 aliphatic carbocycles. The Morgan fingerprint density at radius 3 is 2.29 bits per heavy atom. The van der Waals surface area contributed by atoms with Gasteiger partial charge in [-0.15, -0.1) is 11.8 Å². The zero-order chi connectivity index (χ0) is 15.2. The van der Waals surface area contributed by atoms with Gasteiger partial charge in [-0.1, -0.05) is 29.3 Å². The van der Waals surface area contributed by atoms with Crippen LogP contribution in [0.3, 0.4) is 0 Å². The minimum Gasteiger partial charge on any atom is -0.271 e. The second-order valence-corrected chi connectivity index (χ2v) is 6.44. The number of hydrogen-bond donors (Lipinski definition) is 2. The molecule has 0 aliphatic heterocycles. The van der Waals surface area contributed by atoms with Crippen LogP contribution >= 0.6 is 35.0 Å². The first kappa shape index (κ1) is 16.6. The van der Waals surface area contributed by atoms with Gasteiger partial charge in [-0.25, -0.2) is 4.39 Å². The van der Waals surface area contributed by atoms with E-state index in [2.05, 4.69) is 5.43 Å². The second kappa shape index (κ2) is 8.01. The van der Waals surface area contributed by atoms with Crippen LogP contribution < -0.4 is 11.3 Å². The van der Waals surface area contributed by atoms with Crippen molar-refractivity contribution in [1.82, 2.24) is 5.43 Å². The maximum absolute atomic E-state index is 12.9. The minimum atomic E-state index is -0.240. The third-order valence-electron chi connectivity index (χ3n) is 3.01. The predicted molar refractivity (Wildman–Crippen MR) is 88.4 cm³/mol. The highest BCUT2D eigenvalue weighted by Crippen LogP contribution is 2.27. The number of thioether (sulfide) groups is 1. The minimum absolute atomic E-state index is 0.0115. The van der Waals surface area contributed by atoms with E-state index in [4.69, 9.17) is 29.0 Å². The van der Waals surface area contributed by atoms with E-state index in [9.17, 15) is 4.39 Å². The first-order valence-electron chi connectivity index (χ1n) is 6.37. The van der Waals surface area contributed by atoms with Crippen molar-refractivity contribution < 1.29 is 4.39 Å². The summed E-state index contributed by atoms with van der Waals surface area (Å²) >= 11 is 13.9. The average molecular weight is 345 g/mol. The molecule has 2 nitrogen and oxygen atoms in total. The van der Waals surface area contributed by atoms with Crippen molar-refractivity contribution in [3.63, 3.8) is 0 Å². The second-order valence-electron chi connectivity index (χ2n) is 4.53. The van der Waals surface area contributed by atoms with Crippen LogP contribution in [-0.4, -0.2) is 11.8 Å². The van der Waals surface area contributed by atoms with Gasteiger partial charge in [-0.05, 0) is 48.4 Å². The lowest BCUT2D eigenvalue weighted by Crippen LogP contribution is -2.38. The van der Waals surface area contributed by atoms with Gasteiger partial charge in [0, 0.05) is 26.7 Å². The van der Waals surface area contributed by atoms with E-state index in [1.165, 1.54) is 12.1 Å². The average Bonchev–Trinajstić information content (AvgIpc) is 2.48. The van der Waals surface area contributed by atoms with Gasteiger partial charge in [0.05, 0.1) is 0 Å². The topological polar surface area (TPSA) is 38.0 Å². The van der Waals surface area contributed by atoms with Crippen molar-refractivity contribution in [2.75, 3.05) is 5.75 Å². The van der Waals surface area contributed by atoms with Crippen LogP contribution in [0, 0.1) is 5.82 Å². The highest BCUT2D eigenvalue weighted by Gasteiger charge is 2.13. The highest BCUT2D eigenvalue weighted by molar-refractivity contribution is 7.99. The van der Waals surface area contributed by atoms with Gasteiger partial charge >= 0.3 is 0 Å². The molecule has 0 radical (unpaired) electrons. The summed E-state index contributed by atoms with van der Waals surface area (Å²) in [6, 6.07) is 11.8. The largest absolute Gasteiger partial charge is 0.271 e. The Morgan fingerprint density at radius 1 is 1.10 bits per heavy atom. The van der Waals surface area contributed by atoms with E-state index in [-0.39, 0.29) is 11.9 Å². The normalized spacial score (nSPS) is 12.4. The summed E-state index contributed by atoms with van der Waals surface area (Å²) < 4.78 is 12.9. The molecule has 3 N–H and O–H groups in total. The van der Waals surface area contributed by atoms with E-state index < -0.39 is 0 Å². The lowest BCUT2D eigenvalue weighted by molar-refractivity contribution is 0.575. The van der Waals surface area contributed by atoms with Gasteiger partial charge in [0.15, 0.2) is 0 Å². The molecule has 0 spiro atoms. The van der Waals surface area contributed by atoms with Crippen LogP contribution in [-0.2, 0) is 6.42 Å². The standard InChI is InChI=1S/C15H15Cl2FN2S/c16-14-2-1-3-15(17)13(14)8-11(20-19)9-21-12-6-4-10(18)5-7-12/h1-7,11,20H,8-9,19H2. The Kier molecular flexibility index (Phi) is 6.33. The highest BCUT2D eigenvalue weighted by atomic mass is 35.5. The Bertz CT molecular complexity index is 572. The van der Waals surface area contributed by atoms with Crippen LogP contribution in [0.5, 0.6) is 0 Å². The number of halogens is 3. The predicted octanol–water partition coefficient (Wildman–Crippen LogP) is 4.30. The number of nitrogens with one attached hydrogen (secondary N) is 1. The van der Waals surface area contributed by atoms with Crippen LogP contribution in [0.2, 0.25) is 10.0 Å². The van der Waals surface area contributed by atoms with E-state index in [1.807, 2.05) is 18.2 Å². The Morgan fingerprint density at radius 2 is 1.71 bits per heavy atom. The zero-order valence-electron chi connectivity index (χ0n) is 11.2. The molecule has 0 saturated carbocycles. The summed E-state index contributed by atoms with van der Waals surface area (Å²) in [5.74, 6) is 6.09. The maximum Gasteiger partial charge on any atom is 0.123 e. The first-order valence-corrected chi connectivity index (χ1v) is 8.11. The molecule has 2 rings (SSSR count). The van der Waals surface area contributed by atoms with Crippen molar-refractivity contribution >= 4 is 35.0 Å². The van der Waals surface area contributed by atoms with E-state index in [0.717, 1.165) is 16.2 Å². The SMILES string of the molecule is NNC(CSc1ccc(F)cc1)Cc1c(Cl)cccc1Cl. The Labute approximate surface area is 137 Å². The summed E-state index contributed by atoms with van der Waals surface area (Å²) in [5, 5.41) is 1.27. The molecular weight excluding hydrogens is 330 g/mol. The lowest BCUT2D eigenvalue weighted by Gasteiger charge is -2.17. The molecule has 6 heteroatoms. The summed E-state index contributed by atoms with van der Waals surface area (Å²) in [6.07, 6.45) is 0.628. The van der Waals surface area contributed by atoms with Crippen molar-refractivity contribution in [3.05, 3.63) is 63.9 Å². The maximum atomic E-state index is 12.9. The quantitative estimate of drug-likeness (QED) is 0.466. The van der Waals surface area contributed by atoms with Crippen molar-refractivity contribution in [3.8, 4) is 0 Å². The van der Waals surface area contributed by atoms with Crippen molar-refractivity contribution in [1.29, 1.82) is 0 Å². The molecule has 0 saturated heterocycles. The molecule has 1 unspecified atom stereocenters. The molecule has 2 aromatic rings. The first-order chi connectivity index (χ1) is 10.1. The smallest absolute Gasteiger partial charge is 0.123 e. The van der Waals surface area contributed by atoms with E-state index >= 15 is 0 Å². The monoisotopic (exact) mass is 344 g/mol. The zero-order valence-corrected chi connectivity index (χ0v) is 13.5. The fourth-order valence-electron chi connectivity index (χ4n) is 1.87. The number of hydrogen-bond acceptors (Lipinski definition) is 3. The van der Waals surface area contributed by atoms with Crippen LogP contribution in [0.15, 0.2) is 47.4 Å². The van der Waals surface area contributed by atoms with Gasteiger partial charge in [0.1, 0.15) is 5.82 Å². The summed E-state index contributed by atoms with van der Waals surface area (Å²) in [4.78, 5) is 0.988. The van der Waals surface area contributed by atoms with Gasteiger partial charge in [-0.2, -0.15) is 0 Å². The molecule has 0 heterocycles. The van der Waals surface area contributed by atoms with Crippen LogP contribution in [0.1, 0.15) is 5.56 Å². The summed E-state index contributed by atoms with van der Waals surface area (Å²) in [6.45, 7) is 0. The fraction of sp³-hybridized carbons (Fsp3) is 0.200. The van der Waals surface area contributed by atoms with Gasteiger partial charge in [-0.3, -0.25) is 11.3 Å². The van der Waals surface area contributed by atoms with Crippen molar-refractivity contribution in [2.24, 2.45) is 5.84 Å². The number of benzene rings is 2. The molecule has 1 atom stereocenters. The van der Waals surface area contributed by atoms with E-state index in [0.29, 0.717) is 16.5 Å². The Balaban J connectivity index is 1.98.